The Morgan fingerprint density at radius 3 is 2.72 bits per heavy atom. The Morgan fingerprint density at radius 1 is 1.44 bits per heavy atom. The van der Waals surface area contributed by atoms with Crippen LogP contribution in [0.4, 0.5) is 0 Å². The number of nitrogens with zero attached hydrogens (tertiary/aromatic N) is 1. The second kappa shape index (κ2) is 5.12. The second-order valence-corrected chi connectivity index (χ2v) is 5.28. The highest BCUT2D eigenvalue weighted by Gasteiger charge is 2.16. The number of fused-ring (bicyclic) bond motifs is 1. The highest BCUT2D eigenvalue weighted by Crippen LogP contribution is 2.33. The molecule has 0 aliphatic rings. The first-order valence-electron chi connectivity index (χ1n) is 5.94. The summed E-state index contributed by atoms with van der Waals surface area (Å²) in [6.07, 6.45) is 1.74. The molecule has 0 radical (unpaired) electrons. The smallest absolute Gasteiger partial charge is 0.188 e. The topological polar surface area (TPSA) is 51.5 Å². The maximum Gasteiger partial charge on any atom is 0.188 e. The Balaban J connectivity index is 2.72. The summed E-state index contributed by atoms with van der Waals surface area (Å²) in [5.74, 6) is 0.659. The summed E-state index contributed by atoms with van der Waals surface area (Å²) in [7, 11) is 0. The van der Waals surface area contributed by atoms with Crippen molar-refractivity contribution in [2.24, 2.45) is 0 Å². The minimum atomic E-state index is -2.01. The van der Waals surface area contributed by atoms with Crippen LogP contribution in [0.15, 0.2) is 29.3 Å². The second-order valence-electron chi connectivity index (χ2n) is 4.35. The first-order chi connectivity index (χ1) is 8.54. The molecule has 0 saturated carbocycles. The number of hydrogen-bond acceptors (Lipinski definition) is 2. The number of benzene rings is 1. The van der Waals surface area contributed by atoms with Crippen molar-refractivity contribution in [3.05, 3.63) is 24.4 Å². The first-order valence-corrected chi connectivity index (χ1v) is 7.04. The van der Waals surface area contributed by atoms with Crippen molar-refractivity contribution < 1.29 is 13.5 Å². The number of hydrogen-bond donors (Lipinski definition) is 1. The van der Waals surface area contributed by atoms with Crippen molar-refractivity contribution >= 4 is 22.0 Å². The molecule has 1 atom stereocenters. The maximum absolute atomic E-state index is 11.4. The van der Waals surface area contributed by atoms with Gasteiger partial charge in [0.15, 0.2) is 11.1 Å². The SMILES string of the molecule is CCn1cc(S(=O)O)c2c(OC(C)C)cccc21. The van der Waals surface area contributed by atoms with Gasteiger partial charge in [0, 0.05) is 12.7 Å². The Kier molecular flexibility index (Phi) is 3.73. The molecule has 0 bridgehead atoms. The van der Waals surface area contributed by atoms with Gasteiger partial charge in [0.25, 0.3) is 0 Å². The quantitative estimate of drug-likeness (QED) is 0.866. The zero-order chi connectivity index (χ0) is 13.3. The molecule has 0 aliphatic carbocycles. The summed E-state index contributed by atoms with van der Waals surface area (Å²) < 4.78 is 28.5. The Bertz CT molecular complexity index is 589. The van der Waals surface area contributed by atoms with Crippen LogP contribution in [0.25, 0.3) is 10.9 Å². The Labute approximate surface area is 109 Å². The molecule has 1 heterocycles. The van der Waals surface area contributed by atoms with Gasteiger partial charge in [-0.15, -0.1) is 0 Å². The fraction of sp³-hybridized carbons (Fsp3) is 0.385. The van der Waals surface area contributed by atoms with Crippen LogP contribution >= 0.6 is 0 Å². The van der Waals surface area contributed by atoms with Gasteiger partial charge in [0.2, 0.25) is 0 Å². The average molecular weight is 267 g/mol. The summed E-state index contributed by atoms with van der Waals surface area (Å²) in [6, 6.07) is 5.66. The van der Waals surface area contributed by atoms with E-state index in [9.17, 15) is 8.76 Å². The molecular formula is C13H17NO3S. The lowest BCUT2D eigenvalue weighted by Gasteiger charge is -2.11. The monoisotopic (exact) mass is 267 g/mol. The summed E-state index contributed by atoms with van der Waals surface area (Å²) in [5.41, 5.74) is 0.924. The van der Waals surface area contributed by atoms with E-state index < -0.39 is 11.1 Å². The third kappa shape index (κ3) is 2.28. The zero-order valence-corrected chi connectivity index (χ0v) is 11.5. The molecule has 1 aromatic carbocycles. The molecule has 1 aromatic heterocycles. The van der Waals surface area contributed by atoms with Crippen LogP contribution in [0.3, 0.4) is 0 Å². The van der Waals surface area contributed by atoms with Gasteiger partial charge in [0.05, 0.1) is 21.9 Å². The van der Waals surface area contributed by atoms with Crippen LogP contribution in [0.5, 0.6) is 5.75 Å². The Hall–Kier alpha value is -1.33. The molecule has 2 aromatic rings. The van der Waals surface area contributed by atoms with Gasteiger partial charge in [0.1, 0.15) is 5.75 Å². The summed E-state index contributed by atoms with van der Waals surface area (Å²) in [4.78, 5) is 0.406. The molecule has 98 valence electrons. The molecule has 0 spiro atoms. The first kappa shape index (κ1) is 13.1. The van der Waals surface area contributed by atoms with Crippen LogP contribution < -0.4 is 4.74 Å². The fourth-order valence-corrected chi connectivity index (χ4v) is 2.63. The normalized spacial score (nSPS) is 13.2. The number of aryl methyl sites for hydroxylation is 1. The molecule has 5 heteroatoms. The van der Waals surface area contributed by atoms with Crippen molar-refractivity contribution in [1.29, 1.82) is 0 Å². The number of aromatic nitrogens is 1. The predicted octanol–water partition coefficient (Wildman–Crippen LogP) is 3.03. The van der Waals surface area contributed by atoms with Gasteiger partial charge < -0.3 is 13.9 Å². The van der Waals surface area contributed by atoms with E-state index in [4.69, 9.17) is 4.74 Å². The molecule has 2 rings (SSSR count). The van der Waals surface area contributed by atoms with E-state index in [1.54, 1.807) is 6.20 Å². The highest BCUT2D eigenvalue weighted by atomic mass is 32.2. The number of ether oxygens (including phenoxy) is 1. The van der Waals surface area contributed by atoms with Gasteiger partial charge in [-0.05, 0) is 32.9 Å². The van der Waals surface area contributed by atoms with E-state index in [0.717, 1.165) is 17.4 Å². The molecule has 18 heavy (non-hydrogen) atoms. The van der Waals surface area contributed by atoms with Crippen LogP contribution in [0.2, 0.25) is 0 Å². The van der Waals surface area contributed by atoms with Crippen molar-refractivity contribution in [2.45, 2.75) is 38.3 Å². The van der Waals surface area contributed by atoms with E-state index in [1.807, 2.05) is 43.5 Å². The molecule has 4 nitrogen and oxygen atoms in total. The van der Waals surface area contributed by atoms with E-state index in [-0.39, 0.29) is 6.10 Å². The van der Waals surface area contributed by atoms with Crippen molar-refractivity contribution in [2.75, 3.05) is 0 Å². The van der Waals surface area contributed by atoms with E-state index >= 15 is 0 Å². The lowest BCUT2D eigenvalue weighted by Crippen LogP contribution is -2.06. The average Bonchev–Trinajstić information content (AvgIpc) is 2.68. The summed E-state index contributed by atoms with van der Waals surface area (Å²) in [6.45, 7) is 6.62. The molecule has 0 saturated heterocycles. The third-order valence-corrected chi connectivity index (χ3v) is 3.41. The standard InChI is InChI=1S/C13H17NO3S/c1-4-14-8-12(18(15)16)13-10(14)6-5-7-11(13)17-9(2)3/h5-9H,4H2,1-3H3,(H,15,16). The molecule has 0 aliphatic heterocycles. The van der Waals surface area contributed by atoms with E-state index in [1.165, 1.54) is 0 Å². The van der Waals surface area contributed by atoms with Gasteiger partial charge in [-0.25, -0.2) is 4.21 Å². The van der Waals surface area contributed by atoms with Crippen molar-refractivity contribution in [3.63, 3.8) is 0 Å². The van der Waals surface area contributed by atoms with E-state index in [2.05, 4.69) is 0 Å². The van der Waals surface area contributed by atoms with Crippen LogP contribution in [0.1, 0.15) is 20.8 Å². The van der Waals surface area contributed by atoms with Crippen molar-refractivity contribution in [1.82, 2.24) is 4.57 Å². The van der Waals surface area contributed by atoms with Gasteiger partial charge in [-0.2, -0.15) is 0 Å². The molecule has 1 N–H and O–H groups in total. The summed E-state index contributed by atoms with van der Waals surface area (Å²) in [5, 5.41) is 0.730. The largest absolute Gasteiger partial charge is 0.490 e. The molecule has 0 amide bonds. The van der Waals surface area contributed by atoms with Gasteiger partial charge in [-0.1, -0.05) is 6.07 Å². The van der Waals surface area contributed by atoms with Crippen LogP contribution in [0, 0.1) is 0 Å². The third-order valence-electron chi connectivity index (χ3n) is 2.72. The molecule has 0 fully saturated rings. The van der Waals surface area contributed by atoms with Crippen molar-refractivity contribution in [3.8, 4) is 5.75 Å². The van der Waals surface area contributed by atoms with Gasteiger partial charge in [-0.3, -0.25) is 0 Å². The predicted molar refractivity (Wildman–Crippen MR) is 72.4 cm³/mol. The highest BCUT2D eigenvalue weighted by molar-refractivity contribution is 7.79. The zero-order valence-electron chi connectivity index (χ0n) is 10.7. The Morgan fingerprint density at radius 2 is 2.17 bits per heavy atom. The minimum Gasteiger partial charge on any atom is -0.490 e. The van der Waals surface area contributed by atoms with Crippen LogP contribution in [-0.2, 0) is 17.6 Å². The number of rotatable bonds is 4. The summed E-state index contributed by atoms with van der Waals surface area (Å²) >= 11 is -2.01. The lowest BCUT2D eigenvalue weighted by molar-refractivity contribution is 0.245. The molecule has 1 unspecified atom stereocenters. The van der Waals surface area contributed by atoms with Gasteiger partial charge >= 0.3 is 0 Å². The fourth-order valence-electron chi connectivity index (χ4n) is 2.03. The maximum atomic E-state index is 11.4. The minimum absolute atomic E-state index is 0.0283. The molecular weight excluding hydrogens is 250 g/mol. The van der Waals surface area contributed by atoms with E-state index in [0.29, 0.717) is 10.6 Å². The lowest BCUT2D eigenvalue weighted by atomic mass is 10.2. The van der Waals surface area contributed by atoms with Crippen LogP contribution in [-0.4, -0.2) is 19.4 Å².